The quantitative estimate of drug-likeness (QED) is 0.330. The number of ether oxygens (including phenoxy) is 1. The summed E-state index contributed by atoms with van der Waals surface area (Å²) in [5.41, 5.74) is -0.590. The number of carbonyl (C=O) groups is 1. The Labute approximate surface area is 243 Å². The molecule has 1 saturated carbocycles. The maximum absolute atomic E-state index is 14.5. The smallest absolute Gasteiger partial charge is 0.332 e. The third-order valence-electron chi connectivity index (χ3n) is 8.21. The van der Waals surface area contributed by atoms with Crippen molar-refractivity contribution in [3.05, 3.63) is 68.4 Å². The number of aromatic hydroxyl groups is 1. The van der Waals surface area contributed by atoms with Gasteiger partial charge in [0.15, 0.2) is 0 Å². The lowest BCUT2D eigenvalue weighted by molar-refractivity contribution is -0.129. The van der Waals surface area contributed by atoms with Gasteiger partial charge in [0, 0.05) is 24.7 Å². The highest BCUT2D eigenvalue weighted by atomic mass is 32.1. The van der Waals surface area contributed by atoms with Crippen molar-refractivity contribution in [1.82, 2.24) is 29.0 Å². The molecule has 2 N–H and O–H groups in total. The highest BCUT2D eigenvalue weighted by molar-refractivity contribution is 7.21. The molecule has 0 unspecified atom stereocenters. The zero-order valence-electron chi connectivity index (χ0n) is 23.1. The zero-order valence-corrected chi connectivity index (χ0v) is 24.0. The largest absolute Gasteiger partial charge is 0.508 e. The fourth-order valence-electron chi connectivity index (χ4n) is 5.92. The predicted octanol–water partition coefficient (Wildman–Crippen LogP) is 2.42. The molecule has 222 valence electrons. The van der Waals surface area contributed by atoms with E-state index in [1.165, 1.54) is 38.8 Å². The molecule has 2 atom stereocenters. The molecule has 4 aromatic rings. The van der Waals surface area contributed by atoms with Crippen molar-refractivity contribution < 1.29 is 24.1 Å². The first-order valence-corrected chi connectivity index (χ1v) is 14.7. The molecule has 0 radical (unpaired) electrons. The van der Waals surface area contributed by atoms with Crippen LogP contribution in [0.25, 0.3) is 15.2 Å². The van der Waals surface area contributed by atoms with Crippen LogP contribution < -0.4 is 11.2 Å². The Bertz CT molecular complexity index is 1760. The monoisotopic (exact) mass is 598 g/mol. The summed E-state index contributed by atoms with van der Waals surface area (Å²) < 4.78 is 23.3. The van der Waals surface area contributed by atoms with Crippen LogP contribution in [0.1, 0.15) is 55.4 Å². The van der Waals surface area contributed by atoms with Gasteiger partial charge in [-0.2, -0.15) is 10.2 Å². The number of likely N-dealkylation sites (tertiary alicyclic amines) is 1. The van der Waals surface area contributed by atoms with Gasteiger partial charge in [-0.1, -0.05) is 11.3 Å². The molecule has 1 aliphatic heterocycles. The highest BCUT2D eigenvalue weighted by Crippen LogP contribution is 2.36. The molecule has 6 rings (SSSR count). The van der Waals surface area contributed by atoms with Crippen LogP contribution in [0.15, 0.2) is 40.2 Å². The van der Waals surface area contributed by atoms with E-state index in [1.807, 2.05) is 0 Å². The number of aryl methyl sites for hydroxylation is 1. The Morgan fingerprint density at radius 3 is 2.50 bits per heavy atom. The fourth-order valence-corrected chi connectivity index (χ4v) is 7.14. The Morgan fingerprint density at radius 1 is 1.12 bits per heavy atom. The number of carbonyl (C=O) groups excluding carboxylic acids is 1. The van der Waals surface area contributed by atoms with Gasteiger partial charge in [0.25, 0.3) is 5.56 Å². The number of nitrogens with zero attached hydrogens (tertiary/aromatic N) is 6. The van der Waals surface area contributed by atoms with Crippen molar-refractivity contribution in [2.45, 2.75) is 69.9 Å². The van der Waals surface area contributed by atoms with Gasteiger partial charge < -0.3 is 19.8 Å². The Balaban J connectivity index is 1.55. The van der Waals surface area contributed by atoms with E-state index < -0.39 is 35.3 Å². The standard InChI is InChI=1S/C28H31FN6O6S/c1-15-23-25(39)34(20-9-12-32(2)24(20)38)28(40)33(27(23)42-26(15)35-30-10-11-31-35)14-22(19-13-16(29)3-8-21(19)37)41-18-6-4-17(36)5-7-18/h3,8,10-11,13,17-18,20,22,36-37H,4-7,9,12,14H2,1-2H3/t17-,18+,20-,22+/m1/s1. The molecule has 1 aliphatic carbocycles. The number of hydrogen-bond acceptors (Lipinski definition) is 9. The van der Waals surface area contributed by atoms with E-state index in [4.69, 9.17) is 4.74 Å². The molecule has 2 fully saturated rings. The molecular weight excluding hydrogens is 567 g/mol. The van der Waals surface area contributed by atoms with Gasteiger partial charge in [0.1, 0.15) is 33.5 Å². The molecule has 2 aliphatic rings. The number of halogens is 1. The number of aromatic nitrogens is 5. The van der Waals surface area contributed by atoms with Gasteiger partial charge in [0.2, 0.25) is 5.91 Å². The second-order valence-electron chi connectivity index (χ2n) is 10.9. The lowest BCUT2D eigenvalue weighted by Crippen LogP contribution is -2.45. The van der Waals surface area contributed by atoms with Crippen LogP contribution in [0, 0.1) is 12.7 Å². The van der Waals surface area contributed by atoms with E-state index in [-0.39, 0.29) is 35.3 Å². The molecular formula is C28H31FN6O6S. The number of phenolic OH excluding ortho intramolecular Hbond substituents is 1. The first kappa shape index (κ1) is 28.2. The SMILES string of the molecule is Cc1c(-n2nccn2)sc2c1c(=O)n([C@@H]1CCN(C)C1=O)c(=O)n2C[C@H](O[C@H]1CC[C@@H](O)CC1)c1cc(F)ccc1O. The second kappa shape index (κ2) is 11.1. The first-order valence-electron chi connectivity index (χ1n) is 13.9. The van der Waals surface area contributed by atoms with Crippen LogP contribution in [0.3, 0.4) is 0 Å². The maximum atomic E-state index is 14.5. The third kappa shape index (κ3) is 4.92. The average molecular weight is 599 g/mol. The number of amides is 1. The summed E-state index contributed by atoms with van der Waals surface area (Å²) in [7, 11) is 1.62. The van der Waals surface area contributed by atoms with E-state index in [1.54, 1.807) is 14.0 Å². The normalized spacial score (nSPS) is 21.9. The van der Waals surface area contributed by atoms with Crippen molar-refractivity contribution in [2.75, 3.05) is 13.6 Å². The minimum atomic E-state index is -0.983. The summed E-state index contributed by atoms with van der Waals surface area (Å²) in [6, 6.07) is 2.56. The summed E-state index contributed by atoms with van der Waals surface area (Å²) in [6.45, 7) is 1.96. The van der Waals surface area contributed by atoms with Gasteiger partial charge >= 0.3 is 5.69 Å². The highest BCUT2D eigenvalue weighted by Gasteiger charge is 2.36. The second-order valence-corrected chi connectivity index (χ2v) is 11.9. The van der Waals surface area contributed by atoms with E-state index in [0.29, 0.717) is 54.0 Å². The Morgan fingerprint density at radius 2 is 1.83 bits per heavy atom. The summed E-state index contributed by atoms with van der Waals surface area (Å²) in [6.07, 6.45) is 3.73. The van der Waals surface area contributed by atoms with Gasteiger partial charge in [0.05, 0.1) is 36.5 Å². The van der Waals surface area contributed by atoms with Gasteiger partial charge in [-0.25, -0.2) is 13.8 Å². The summed E-state index contributed by atoms with van der Waals surface area (Å²) in [5, 5.41) is 29.9. The molecule has 1 aromatic carbocycles. The van der Waals surface area contributed by atoms with Crippen LogP contribution in [0.5, 0.6) is 5.75 Å². The third-order valence-corrected chi connectivity index (χ3v) is 9.50. The van der Waals surface area contributed by atoms with E-state index in [2.05, 4.69) is 10.2 Å². The van der Waals surface area contributed by atoms with Crippen LogP contribution in [-0.2, 0) is 16.1 Å². The van der Waals surface area contributed by atoms with Crippen LogP contribution in [0.2, 0.25) is 0 Å². The number of thiophene rings is 1. The minimum absolute atomic E-state index is 0.151. The molecule has 3 aromatic heterocycles. The first-order chi connectivity index (χ1) is 20.1. The number of phenols is 1. The number of hydrogen-bond donors (Lipinski definition) is 2. The summed E-state index contributed by atoms with van der Waals surface area (Å²) >= 11 is 1.15. The van der Waals surface area contributed by atoms with Crippen molar-refractivity contribution in [1.29, 1.82) is 0 Å². The molecule has 1 saturated heterocycles. The number of aliphatic hydroxyl groups excluding tert-OH is 1. The van der Waals surface area contributed by atoms with Gasteiger partial charge in [-0.3, -0.25) is 14.2 Å². The number of aliphatic hydroxyl groups is 1. The van der Waals surface area contributed by atoms with Crippen molar-refractivity contribution in [2.24, 2.45) is 0 Å². The minimum Gasteiger partial charge on any atom is -0.508 e. The molecule has 42 heavy (non-hydrogen) atoms. The van der Waals surface area contributed by atoms with E-state index >= 15 is 0 Å². The lowest BCUT2D eigenvalue weighted by atomic mass is 9.94. The molecule has 12 nitrogen and oxygen atoms in total. The van der Waals surface area contributed by atoms with Crippen molar-refractivity contribution in [3.63, 3.8) is 0 Å². The number of benzene rings is 1. The average Bonchev–Trinajstić information content (AvgIpc) is 3.69. The van der Waals surface area contributed by atoms with Gasteiger partial charge in [-0.05, 0) is 57.2 Å². The van der Waals surface area contributed by atoms with E-state index in [9.17, 15) is 29.0 Å². The zero-order chi connectivity index (χ0) is 29.7. The summed E-state index contributed by atoms with van der Waals surface area (Å²) in [4.78, 5) is 44.3. The van der Waals surface area contributed by atoms with Crippen LogP contribution in [-0.4, -0.2) is 70.9 Å². The lowest BCUT2D eigenvalue weighted by Gasteiger charge is -2.30. The number of rotatable bonds is 7. The van der Waals surface area contributed by atoms with Gasteiger partial charge in [-0.15, -0.1) is 4.80 Å². The topological polar surface area (TPSA) is 145 Å². The fraction of sp³-hybridized carbons (Fsp3) is 0.464. The van der Waals surface area contributed by atoms with E-state index in [0.717, 1.165) is 22.0 Å². The molecule has 14 heteroatoms. The molecule has 0 bridgehead atoms. The number of likely N-dealkylation sites (N-methyl/N-ethyl adjacent to an activating group) is 1. The number of fused-ring (bicyclic) bond motifs is 1. The molecule has 4 heterocycles. The maximum Gasteiger partial charge on any atom is 0.332 e. The Kier molecular flexibility index (Phi) is 7.45. The summed E-state index contributed by atoms with van der Waals surface area (Å²) in [5.74, 6) is -1.12. The molecule has 1 amide bonds. The predicted molar refractivity (Wildman–Crippen MR) is 151 cm³/mol. The van der Waals surface area contributed by atoms with Crippen LogP contribution >= 0.6 is 11.3 Å². The van der Waals surface area contributed by atoms with Crippen molar-refractivity contribution in [3.8, 4) is 10.8 Å². The van der Waals surface area contributed by atoms with Crippen molar-refractivity contribution >= 4 is 27.5 Å². The molecule has 0 spiro atoms. The Hall–Kier alpha value is -3.88. The van der Waals surface area contributed by atoms with Crippen LogP contribution in [0.4, 0.5) is 4.39 Å².